The molecule has 1 aromatic rings. The van der Waals surface area contributed by atoms with Crippen LogP contribution in [0.1, 0.15) is 44.6 Å². The number of hydrogen-bond acceptors (Lipinski definition) is 3. The average Bonchev–Trinajstić information content (AvgIpc) is 2.78. The molecule has 1 heterocycles. The monoisotopic (exact) mass is 445 g/mol. The fourth-order valence-electron chi connectivity index (χ4n) is 2.97. The topological polar surface area (TPSA) is 43.7 Å². The minimum atomic E-state index is -1.24. The van der Waals surface area contributed by atoms with Crippen molar-refractivity contribution >= 4 is 31.9 Å². The van der Waals surface area contributed by atoms with E-state index in [1.165, 1.54) is 12.8 Å². The normalized spacial score (nSPS) is 25.1. The number of hydrogen-bond donors (Lipinski definition) is 2. The molecular weight excluding hydrogens is 422 g/mol. The summed E-state index contributed by atoms with van der Waals surface area (Å²) in [5.41, 5.74) is 0.727. The fraction of sp³-hybridized carbons (Fsp3) is 0.556. The first-order chi connectivity index (χ1) is 11.0. The van der Waals surface area contributed by atoms with E-state index in [2.05, 4.69) is 38.8 Å². The second-order valence-corrected chi connectivity index (χ2v) is 9.16. The molecule has 1 aromatic carbocycles. The summed E-state index contributed by atoms with van der Waals surface area (Å²) in [5.74, 6) is 0. The minimum absolute atomic E-state index is 0.353. The van der Waals surface area contributed by atoms with E-state index in [4.69, 9.17) is 0 Å². The zero-order chi connectivity index (χ0) is 16.9. The molecule has 0 bridgehead atoms. The van der Waals surface area contributed by atoms with Crippen LogP contribution in [0.2, 0.25) is 0 Å². The van der Waals surface area contributed by atoms with Gasteiger partial charge in [0.2, 0.25) is 0 Å². The summed E-state index contributed by atoms with van der Waals surface area (Å²) in [6.45, 7) is 2.67. The van der Waals surface area contributed by atoms with Gasteiger partial charge in [0.1, 0.15) is 9.96 Å². The second-order valence-electron chi connectivity index (χ2n) is 6.10. The summed E-state index contributed by atoms with van der Waals surface area (Å²) in [6.07, 6.45) is 6.48. The van der Waals surface area contributed by atoms with Gasteiger partial charge < -0.3 is 10.2 Å². The Balaban J connectivity index is 2.11. The lowest BCUT2D eigenvalue weighted by Crippen LogP contribution is -2.51. The predicted molar refractivity (Wildman–Crippen MR) is 101 cm³/mol. The summed E-state index contributed by atoms with van der Waals surface area (Å²) in [6, 6.07) is 9.91. The Morgan fingerprint density at radius 2 is 1.87 bits per heavy atom. The highest BCUT2D eigenvalue weighted by Crippen LogP contribution is 2.40. The zero-order valence-electron chi connectivity index (χ0n) is 13.5. The van der Waals surface area contributed by atoms with Gasteiger partial charge in [-0.3, -0.25) is 0 Å². The van der Waals surface area contributed by atoms with Crippen LogP contribution in [-0.2, 0) is 6.54 Å². The zero-order valence-corrected chi connectivity index (χ0v) is 16.6. The number of aliphatic hydroxyl groups excluding tert-OH is 1. The maximum absolute atomic E-state index is 11.0. The Hall–Kier alpha value is -0.200. The van der Waals surface area contributed by atoms with Gasteiger partial charge in [-0.05, 0) is 30.1 Å². The molecule has 128 valence electrons. The van der Waals surface area contributed by atoms with Gasteiger partial charge in [0, 0.05) is 6.54 Å². The second kappa shape index (κ2) is 8.77. The van der Waals surface area contributed by atoms with Gasteiger partial charge in [0.25, 0.3) is 0 Å². The molecule has 0 aromatic heterocycles. The molecule has 2 N–H and O–H groups in total. The molecule has 2 rings (SSSR count). The van der Waals surface area contributed by atoms with Crippen molar-refractivity contribution in [2.75, 3.05) is 0 Å². The molecule has 3 nitrogen and oxygen atoms in total. The van der Waals surface area contributed by atoms with Crippen LogP contribution < -0.4 is 0 Å². The maximum atomic E-state index is 11.0. The third kappa shape index (κ3) is 4.67. The summed E-state index contributed by atoms with van der Waals surface area (Å²) >= 11 is 6.86. The van der Waals surface area contributed by atoms with Crippen LogP contribution in [0.4, 0.5) is 0 Å². The van der Waals surface area contributed by atoms with Gasteiger partial charge in [-0.15, -0.1) is 0 Å². The molecule has 0 radical (unpaired) electrons. The molecule has 0 amide bonds. The highest BCUT2D eigenvalue weighted by Gasteiger charge is 2.47. The first-order valence-electron chi connectivity index (χ1n) is 8.20. The lowest BCUT2D eigenvalue weighted by atomic mass is 10.1. The molecule has 0 saturated carbocycles. The Morgan fingerprint density at radius 3 is 2.48 bits per heavy atom. The van der Waals surface area contributed by atoms with Gasteiger partial charge in [0.15, 0.2) is 5.72 Å². The van der Waals surface area contributed by atoms with E-state index in [0.29, 0.717) is 6.54 Å². The van der Waals surface area contributed by atoms with Gasteiger partial charge >= 0.3 is 0 Å². The van der Waals surface area contributed by atoms with Crippen LogP contribution >= 0.6 is 31.9 Å². The molecule has 1 aliphatic rings. The Labute approximate surface area is 155 Å². The van der Waals surface area contributed by atoms with Crippen molar-refractivity contribution in [3.63, 3.8) is 0 Å². The van der Waals surface area contributed by atoms with Crippen LogP contribution in [-0.4, -0.2) is 30.8 Å². The van der Waals surface area contributed by atoms with E-state index in [0.717, 1.165) is 30.4 Å². The molecule has 2 atom stereocenters. The largest absolute Gasteiger partial charge is 0.374 e. The van der Waals surface area contributed by atoms with Crippen LogP contribution in [0.5, 0.6) is 0 Å². The highest BCUT2D eigenvalue weighted by atomic mass is 79.9. The SMILES string of the molecule is CCCCCCC1=CC(O)(C(Br)Br)N(Cc2ccccc2)C1O. The van der Waals surface area contributed by atoms with Crippen LogP contribution in [0.3, 0.4) is 0 Å². The van der Waals surface area contributed by atoms with Gasteiger partial charge in [-0.1, -0.05) is 88.4 Å². The third-order valence-electron chi connectivity index (χ3n) is 4.32. The first-order valence-corrected chi connectivity index (χ1v) is 10.0. The number of halogens is 2. The van der Waals surface area contributed by atoms with Crippen molar-refractivity contribution < 1.29 is 10.2 Å². The molecule has 2 unspecified atom stereocenters. The van der Waals surface area contributed by atoms with Crippen molar-refractivity contribution in [1.82, 2.24) is 4.90 Å². The molecule has 0 spiro atoms. The number of unbranched alkanes of at least 4 members (excludes halogenated alkanes) is 3. The summed E-state index contributed by atoms with van der Waals surface area (Å²) in [7, 11) is 0. The third-order valence-corrected chi connectivity index (χ3v) is 5.67. The predicted octanol–water partition coefficient (Wildman–Crippen LogP) is 4.52. The number of rotatable bonds is 8. The summed E-state index contributed by atoms with van der Waals surface area (Å²) in [4.78, 5) is 1.73. The fourth-order valence-corrected chi connectivity index (χ4v) is 3.76. The van der Waals surface area contributed by atoms with E-state index in [1.807, 2.05) is 30.3 Å². The Bertz CT molecular complexity index is 521. The molecule has 23 heavy (non-hydrogen) atoms. The highest BCUT2D eigenvalue weighted by molar-refractivity contribution is 9.24. The standard InChI is InChI=1S/C18H25Br2NO2/c1-2-3-4-8-11-15-12-18(23,17(19)20)21(16(15)22)13-14-9-6-5-7-10-14/h5-7,9-10,12,16-17,22-23H,2-4,8,11,13H2,1H3. The molecule has 0 aliphatic carbocycles. The number of aliphatic hydroxyl groups is 2. The Kier molecular flexibility index (Phi) is 7.29. The van der Waals surface area contributed by atoms with E-state index in [-0.39, 0.29) is 3.74 Å². The van der Waals surface area contributed by atoms with Crippen molar-refractivity contribution in [2.45, 2.75) is 61.3 Å². The maximum Gasteiger partial charge on any atom is 0.163 e. The van der Waals surface area contributed by atoms with Crippen molar-refractivity contribution in [3.05, 3.63) is 47.5 Å². The number of alkyl halides is 2. The number of benzene rings is 1. The molecule has 1 aliphatic heterocycles. The van der Waals surface area contributed by atoms with Crippen molar-refractivity contribution in [1.29, 1.82) is 0 Å². The summed E-state index contributed by atoms with van der Waals surface area (Å²) in [5, 5.41) is 21.7. The molecule has 0 fully saturated rings. The van der Waals surface area contributed by atoms with Crippen molar-refractivity contribution in [2.24, 2.45) is 0 Å². The number of nitrogens with zero attached hydrogens (tertiary/aromatic N) is 1. The van der Waals surface area contributed by atoms with E-state index in [1.54, 1.807) is 11.0 Å². The lowest BCUT2D eigenvalue weighted by Gasteiger charge is -2.36. The molecule has 5 heteroatoms. The average molecular weight is 447 g/mol. The molecule has 0 saturated heterocycles. The first kappa shape index (κ1) is 19.1. The van der Waals surface area contributed by atoms with Crippen LogP contribution in [0.15, 0.2) is 42.0 Å². The van der Waals surface area contributed by atoms with Crippen molar-refractivity contribution in [3.8, 4) is 0 Å². The lowest BCUT2D eigenvalue weighted by molar-refractivity contribution is -0.112. The smallest absolute Gasteiger partial charge is 0.163 e. The Morgan fingerprint density at radius 1 is 1.17 bits per heavy atom. The minimum Gasteiger partial charge on any atom is -0.374 e. The molecular formula is C18H25Br2NO2. The van der Waals surface area contributed by atoms with E-state index >= 15 is 0 Å². The quantitative estimate of drug-likeness (QED) is 0.350. The summed E-state index contributed by atoms with van der Waals surface area (Å²) < 4.78 is -0.353. The van der Waals surface area contributed by atoms with Gasteiger partial charge in [-0.25, -0.2) is 4.90 Å². The van der Waals surface area contributed by atoms with E-state index in [9.17, 15) is 10.2 Å². The van der Waals surface area contributed by atoms with Gasteiger partial charge in [0.05, 0.1) is 0 Å². The van der Waals surface area contributed by atoms with Crippen LogP contribution in [0.25, 0.3) is 0 Å². The van der Waals surface area contributed by atoms with E-state index < -0.39 is 12.0 Å². The van der Waals surface area contributed by atoms with Gasteiger partial charge in [-0.2, -0.15) is 0 Å². The van der Waals surface area contributed by atoms with Crippen LogP contribution in [0, 0.1) is 0 Å².